The number of hydrogen-bond acceptors (Lipinski definition) is 20. The van der Waals surface area contributed by atoms with Gasteiger partial charge in [0.05, 0.1) is 25.9 Å². The summed E-state index contributed by atoms with van der Waals surface area (Å²) in [4.78, 5) is 14.0. The summed E-state index contributed by atoms with van der Waals surface area (Å²) in [6.07, 6.45) is -23.6. The van der Waals surface area contributed by atoms with Crippen molar-refractivity contribution in [1.29, 1.82) is 0 Å². The first kappa shape index (κ1) is 39.8. The molecule has 0 bridgehead atoms. The van der Waals surface area contributed by atoms with Crippen LogP contribution < -0.4 is 19.6 Å². The van der Waals surface area contributed by atoms with Gasteiger partial charge in [-0.2, -0.15) is 0 Å². The van der Waals surface area contributed by atoms with E-state index in [0.29, 0.717) is 0 Å². The molecule has 0 saturated carbocycles. The number of methoxy groups -OCH3 is 1. The van der Waals surface area contributed by atoms with E-state index in [4.69, 9.17) is 37.6 Å². The topological polar surface area (TPSA) is 317 Å². The van der Waals surface area contributed by atoms with Gasteiger partial charge in [-0.05, 0) is 32.0 Å². The molecule has 20 heteroatoms. The third kappa shape index (κ3) is 7.41. The second-order valence-corrected chi connectivity index (χ2v) is 13.2. The summed E-state index contributed by atoms with van der Waals surface area (Å²) in [5.41, 5.74) is -1.25. The standard InChI is InChI=1S/C34H42O20/c1-10-20(37)24(41)27(44)32(49-10)48-9-18-22(39)26(43)29(46)34(53-18)51-13-7-15(36)19-17(8-13)52-30(12-4-5-14(35)16(6-12)47-3)31(23(19)40)54-33-28(45)25(42)21(38)11(2)50-33/h4-8,10-11,18,20-22,24-29,32-39,41-46H,9H2,1-3H3/t10-,11-,18?,20-,21-,22?,24+,25+,26?,27+,28+,29?,32+,33+,34?/m0/s1. The van der Waals surface area contributed by atoms with Gasteiger partial charge in [-0.25, -0.2) is 0 Å². The Morgan fingerprint density at radius 1 is 0.648 bits per heavy atom. The number of phenolic OH excluding ortho intramolecular Hbond substituents is 2. The van der Waals surface area contributed by atoms with Crippen molar-refractivity contribution >= 4 is 11.0 Å². The SMILES string of the molecule is COc1cc(-c2oc3cc(OC4OC(CO[C@@H]5O[C@@H](C)[C@H](O)[C@@H](O)[C@H]5O)C(O)C(O)C4O)cc(O)c3c(=O)c2O[C@H]2O[C@@H](C)[C@H](O)[C@@H](O)[C@H]2O)ccc1O. The summed E-state index contributed by atoms with van der Waals surface area (Å²) in [6, 6.07) is 5.90. The van der Waals surface area contributed by atoms with E-state index in [0.717, 1.165) is 12.1 Å². The van der Waals surface area contributed by atoms with Gasteiger partial charge in [0.25, 0.3) is 0 Å². The zero-order chi connectivity index (χ0) is 39.3. The Balaban J connectivity index is 1.32. The van der Waals surface area contributed by atoms with E-state index in [1.54, 1.807) is 0 Å². The number of fused-ring (bicyclic) bond motifs is 1. The van der Waals surface area contributed by atoms with Crippen molar-refractivity contribution in [3.63, 3.8) is 0 Å². The highest BCUT2D eigenvalue weighted by Gasteiger charge is 2.48. The average Bonchev–Trinajstić information content (AvgIpc) is 3.14. The molecule has 11 N–H and O–H groups in total. The molecule has 3 fully saturated rings. The lowest BCUT2D eigenvalue weighted by Gasteiger charge is -2.42. The molecule has 20 nitrogen and oxygen atoms in total. The fraction of sp³-hybridized carbons (Fsp3) is 0.559. The van der Waals surface area contributed by atoms with Crippen molar-refractivity contribution in [2.45, 2.75) is 106 Å². The van der Waals surface area contributed by atoms with Crippen LogP contribution >= 0.6 is 0 Å². The number of aliphatic hydroxyl groups excluding tert-OH is 9. The number of hydrogen-bond donors (Lipinski definition) is 11. The Kier molecular flexibility index (Phi) is 11.6. The number of rotatable bonds is 9. The summed E-state index contributed by atoms with van der Waals surface area (Å²) < 4.78 is 44.8. The van der Waals surface area contributed by atoms with E-state index >= 15 is 0 Å². The fourth-order valence-corrected chi connectivity index (χ4v) is 6.30. The van der Waals surface area contributed by atoms with E-state index in [2.05, 4.69) is 0 Å². The van der Waals surface area contributed by atoms with Gasteiger partial charge in [0.1, 0.15) is 83.5 Å². The number of aliphatic hydroxyl groups is 9. The van der Waals surface area contributed by atoms with Crippen molar-refractivity contribution < 1.29 is 93.7 Å². The van der Waals surface area contributed by atoms with E-state index in [-0.39, 0.29) is 34.2 Å². The van der Waals surface area contributed by atoms with Crippen LogP contribution in [0.5, 0.6) is 28.7 Å². The molecular formula is C34H42O20. The molecule has 3 saturated heterocycles. The predicted octanol–water partition coefficient (Wildman–Crippen LogP) is -2.88. The summed E-state index contributed by atoms with van der Waals surface area (Å²) in [5, 5.41) is 114. The van der Waals surface area contributed by atoms with Gasteiger partial charge in [-0.3, -0.25) is 4.79 Å². The van der Waals surface area contributed by atoms with Crippen LogP contribution in [0, 0.1) is 0 Å². The first-order valence-corrected chi connectivity index (χ1v) is 16.8. The Bertz CT molecular complexity index is 1850. The summed E-state index contributed by atoms with van der Waals surface area (Å²) in [7, 11) is 1.27. The van der Waals surface area contributed by atoms with E-state index in [1.165, 1.54) is 39.2 Å². The van der Waals surface area contributed by atoms with Crippen LogP contribution in [0.4, 0.5) is 0 Å². The highest BCUT2D eigenvalue weighted by Crippen LogP contribution is 2.40. The zero-order valence-corrected chi connectivity index (χ0v) is 28.8. The molecule has 0 spiro atoms. The molecule has 4 heterocycles. The van der Waals surface area contributed by atoms with Crippen molar-refractivity contribution in [2.24, 2.45) is 0 Å². The summed E-state index contributed by atoms with van der Waals surface area (Å²) in [5.74, 6) is -2.30. The van der Waals surface area contributed by atoms with Gasteiger partial charge < -0.3 is 93.7 Å². The molecular weight excluding hydrogens is 728 g/mol. The largest absolute Gasteiger partial charge is 0.507 e. The van der Waals surface area contributed by atoms with Crippen LogP contribution in [0.25, 0.3) is 22.3 Å². The second-order valence-electron chi connectivity index (χ2n) is 13.2. The molecule has 1 aromatic heterocycles. The van der Waals surface area contributed by atoms with Crippen molar-refractivity contribution in [1.82, 2.24) is 0 Å². The average molecular weight is 771 g/mol. The first-order chi connectivity index (χ1) is 25.5. The molecule has 54 heavy (non-hydrogen) atoms. The predicted molar refractivity (Wildman–Crippen MR) is 176 cm³/mol. The van der Waals surface area contributed by atoms with Gasteiger partial charge in [0, 0.05) is 17.7 Å². The third-order valence-corrected chi connectivity index (χ3v) is 9.54. The number of phenols is 2. The van der Waals surface area contributed by atoms with Gasteiger partial charge >= 0.3 is 0 Å². The molecule has 5 unspecified atom stereocenters. The van der Waals surface area contributed by atoms with Crippen LogP contribution in [0.2, 0.25) is 0 Å². The van der Waals surface area contributed by atoms with Crippen LogP contribution in [0.3, 0.4) is 0 Å². The molecule has 3 aromatic rings. The van der Waals surface area contributed by atoms with Crippen LogP contribution in [-0.2, 0) is 18.9 Å². The van der Waals surface area contributed by atoms with E-state index in [9.17, 15) is 61.0 Å². The lowest BCUT2D eigenvalue weighted by molar-refractivity contribution is -0.318. The molecule has 2 aromatic carbocycles. The maximum absolute atomic E-state index is 14.0. The Morgan fingerprint density at radius 2 is 1.22 bits per heavy atom. The molecule has 6 rings (SSSR count). The molecule has 298 valence electrons. The lowest BCUT2D eigenvalue weighted by Crippen LogP contribution is -2.61. The molecule has 3 aliphatic rings. The van der Waals surface area contributed by atoms with Crippen molar-refractivity contribution in [2.75, 3.05) is 13.7 Å². The highest BCUT2D eigenvalue weighted by atomic mass is 16.7. The normalized spacial score (nSPS) is 37.2. The number of ether oxygens (including phenoxy) is 7. The minimum absolute atomic E-state index is 0.0437. The molecule has 0 aliphatic carbocycles. The second kappa shape index (κ2) is 15.7. The van der Waals surface area contributed by atoms with E-state index < -0.39 is 121 Å². The monoisotopic (exact) mass is 770 g/mol. The third-order valence-electron chi connectivity index (χ3n) is 9.54. The Labute approximate surface area is 305 Å². The quantitative estimate of drug-likeness (QED) is 0.104. The van der Waals surface area contributed by atoms with E-state index in [1.807, 2.05) is 0 Å². The molecule has 3 aliphatic heterocycles. The zero-order valence-electron chi connectivity index (χ0n) is 28.8. The first-order valence-electron chi connectivity index (χ1n) is 16.8. The number of benzene rings is 2. The van der Waals surface area contributed by atoms with Crippen LogP contribution in [-0.4, -0.2) is 162 Å². The summed E-state index contributed by atoms with van der Waals surface area (Å²) >= 11 is 0. The van der Waals surface area contributed by atoms with Crippen molar-refractivity contribution in [3.8, 4) is 40.1 Å². The smallest absolute Gasteiger partial charge is 0.239 e. The maximum atomic E-state index is 14.0. The van der Waals surface area contributed by atoms with Gasteiger partial charge in [0.2, 0.25) is 23.8 Å². The van der Waals surface area contributed by atoms with Gasteiger partial charge in [-0.1, -0.05) is 0 Å². The number of aromatic hydroxyl groups is 2. The molecule has 0 amide bonds. The maximum Gasteiger partial charge on any atom is 0.239 e. The molecule has 15 atom stereocenters. The minimum Gasteiger partial charge on any atom is -0.507 e. The highest BCUT2D eigenvalue weighted by molar-refractivity contribution is 5.88. The molecule has 0 radical (unpaired) electrons. The van der Waals surface area contributed by atoms with Crippen LogP contribution in [0.1, 0.15) is 13.8 Å². The Morgan fingerprint density at radius 3 is 1.85 bits per heavy atom. The fourth-order valence-electron chi connectivity index (χ4n) is 6.30. The lowest BCUT2D eigenvalue weighted by atomic mass is 9.98. The van der Waals surface area contributed by atoms with Gasteiger partial charge in [-0.15, -0.1) is 0 Å². The van der Waals surface area contributed by atoms with Crippen molar-refractivity contribution in [3.05, 3.63) is 40.6 Å². The van der Waals surface area contributed by atoms with Gasteiger partial charge in [0.15, 0.2) is 23.5 Å². The summed E-state index contributed by atoms with van der Waals surface area (Å²) in [6.45, 7) is 2.25. The minimum atomic E-state index is -1.89. The van der Waals surface area contributed by atoms with Crippen LogP contribution in [0.15, 0.2) is 39.5 Å². The Hall–Kier alpha value is -3.87.